The molecule has 0 fully saturated rings. The first-order valence-corrected chi connectivity index (χ1v) is 8.43. The van der Waals surface area contributed by atoms with Crippen LogP contribution in [0.5, 0.6) is 5.75 Å². The van der Waals surface area contributed by atoms with Gasteiger partial charge in [0.05, 0.1) is 12.6 Å². The molecular weight excluding hydrogens is 294 g/mol. The molecule has 0 aliphatic carbocycles. The average molecular weight is 313 g/mol. The summed E-state index contributed by atoms with van der Waals surface area (Å²) in [5, 5.41) is 3.94. The first-order chi connectivity index (χ1) is 11.8. The SMILES string of the molecule is COc1ccc(C23NC(Cc4ccccc42)c2ccccc23)cc1. The number of fused-ring (bicyclic) bond motifs is 7. The molecule has 0 spiro atoms. The van der Waals surface area contributed by atoms with Crippen molar-refractivity contribution in [2.24, 2.45) is 0 Å². The third-order valence-corrected chi connectivity index (χ3v) is 5.50. The Morgan fingerprint density at radius 1 is 0.875 bits per heavy atom. The molecule has 2 heteroatoms. The molecule has 2 atom stereocenters. The molecule has 0 amide bonds. The fraction of sp³-hybridized carbons (Fsp3) is 0.182. The van der Waals surface area contributed by atoms with Gasteiger partial charge in [0.25, 0.3) is 0 Å². The van der Waals surface area contributed by atoms with E-state index < -0.39 is 0 Å². The molecule has 5 rings (SSSR count). The van der Waals surface area contributed by atoms with Gasteiger partial charge >= 0.3 is 0 Å². The van der Waals surface area contributed by atoms with E-state index in [4.69, 9.17) is 4.74 Å². The van der Waals surface area contributed by atoms with Crippen LogP contribution >= 0.6 is 0 Å². The van der Waals surface area contributed by atoms with E-state index in [0.717, 1.165) is 12.2 Å². The highest BCUT2D eigenvalue weighted by Crippen LogP contribution is 2.51. The first-order valence-electron chi connectivity index (χ1n) is 8.43. The standard InChI is InChI=1S/C22H19NO/c1-24-17-12-10-16(11-13-17)22-19-8-4-2-6-15(19)14-21(23-22)18-7-3-5-9-20(18)22/h2-13,21,23H,14H2,1H3. The van der Waals surface area contributed by atoms with Crippen molar-refractivity contribution < 1.29 is 4.74 Å². The fourth-order valence-electron chi connectivity index (χ4n) is 4.46. The lowest BCUT2D eigenvalue weighted by molar-refractivity contribution is 0.407. The van der Waals surface area contributed by atoms with Gasteiger partial charge in [0, 0.05) is 6.04 Å². The first kappa shape index (κ1) is 13.8. The Bertz CT molecular complexity index is 902. The summed E-state index contributed by atoms with van der Waals surface area (Å²) in [5.41, 5.74) is 6.62. The van der Waals surface area contributed by atoms with E-state index in [1.165, 1.54) is 27.8 Å². The molecule has 0 aromatic heterocycles. The molecule has 0 saturated heterocycles. The molecule has 2 heterocycles. The second-order valence-electron chi connectivity index (χ2n) is 6.62. The van der Waals surface area contributed by atoms with Crippen LogP contribution in [0.4, 0.5) is 0 Å². The molecule has 24 heavy (non-hydrogen) atoms. The topological polar surface area (TPSA) is 21.3 Å². The molecule has 2 aliphatic heterocycles. The van der Waals surface area contributed by atoms with E-state index >= 15 is 0 Å². The molecule has 1 N–H and O–H groups in total. The monoisotopic (exact) mass is 313 g/mol. The van der Waals surface area contributed by atoms with Crippen LogP contribution in [-0.4, -0.2) is 7.11 Å². The maximum atomic E-state index is 5.35. The predicted molar refractivity (Wildman–Crippen MR) is 95.3 cm³/mol. The summed E-state index contributed by atoms with van der Waals surface area (Å²) >= 11 is 0. The summed E-state index contributed by atoms with van der Waals surface area (Å²) in [4.78, 5) is 0. The summed E-state index contributed by atoms with van der Waals surface area (Å²) in [7, 11) is 1.71. The van der Waals surface area contributed by atoms with E-state index in [-0.39, 0.29) is 5.54 Å². The minimum Gasteiger partial charge on any atom is -0.497 e. The largest absolute Gasteiger partial charge is 0.497 e. The summed E-state index contributed by atoms with van der Waals surface area (Å²) in [5.74, 6) is 0.891. The van der Waals surface area contributed by atoms with Crippen LogP contribution in [0, 0.1) is 0 Å². The Kier molecular flexibility index (Phi) is 2.85. The van der Waals surface area contributed by atoms with Crippen molar-refractivity contribution in [3.05, 3.63) is 101 Å². The number of rotatable bonds is 2. The van der Waals surface area contributed by atoms with Crippen LogP contribution in [-0.2, 0) is 12.0 Å². The second-order valence-corrected chi connectivity index (χ2v) is 6.62. The molecule has 2 aliphatic rings. The Labute approximate surface area is 142 Å². The van der Waals surface area contributed by atoms with Gasteiger partial charge in [0.2, 0.25) is 0 Å². The molecule has 118 valence electrons. The number of benzene rings is 3. The summed E-state index contributed by atoms with van der Waals surface area (Å²) in [6.07, 6.45) is 1.05. The van der Waals surface area contributed by atoms with Crippen molar-refractivity contribution in [3.8, 4) is 5.75 Å². The quantitative estimate of drug-likeness (QED) is 0.766. The highest BCUT2D eigenvalue weighted by atomic mass is 16.5. The van der Waals surface area contributed by atoms with Gasteiger partial charge in [-0.2, -0.15) is 0 Å². The van der Waals surface area contributed by atoms with E-state index in [0.29, 0.717) is 6.04 Å². The number of nitrogens with one attached hydrogen (secondary N) is 1. The van der Waals surface area contributed by atoms with Crippen molar-refractivity contribution in [2.75, 3.05) is 7.11 Å². The van der Waals surface area contributed by atoms with Crippen molar-refractivity contribution >= 4 is 0 Å². The van der Waals surface area contributed by atoms with Crippen LogP contribution < -0.4 is 10.1 Å². The summed E-state index contributed by atoms with van der Waals surface area (Å²) < 4.78 is 5.35. The van der Waals surface area contributed by atoms with Crippen LogP contribution in [0.3, 0.4) is 0 Å². The highest BCUT2D eigenvalue weighted by Gasteiger charge is 2.49. The van der Waals surface area contributed by atoms with E-state index in [1.807, 2.05) is 0 Å². The van der Waals surface area contributed by atoms with Crippen molar-refractivity contribution in [1.82, 2.24) is 5.32 Å². The fourth-order valence-corrected chi connectivity index (χ4v) is 4.46. The van der Waals surface area contributed by atoms with Gasteiger partial charge in [0.15, 0.2) is 0 Å². The minimum atomic E-state index is -0.262. The lowest BCUT2D eigenvalue weighted by atomic mass is 9.75. The molecule has 0 saturated carbocycles. The summed E-state index contributed by atoms with van der Waals surface area (Å²) in [6.45, 7) is 0. The molecular formula is C22H19NO. The number of ether oxygens (including phenoxy) is 1. The molecule has 0 radical (unpaired) electrons. The molecule has 2 bridgehead atoms. The normalized spacial score (nSPS) is 23.5. The lowest BCUT2D eigenvalue weighted by Gasteiger charge is -2.38. The molecule has 3 aromatic carbocycles. The van der Waals surface area contributed by atoms with Gasteiger partial charge in [0.1, 0.15) is 5.75 Å². The smallest absolute Gasteiger partial charge is 0.118 e. The number of methoxy groups -OCH3 is 1. The van der Waals surface area contributed by atoms with Gasteiger partial charge in [-0.3, -0.25) is 5.32 Å². The van der Waals surface area contributed by atoms with Crippen LogP contribution in [0.15, 0.2) is 72.8 Å². The van der Waals surface area contributed by atoms with E-state index in [9.17, 15) is 0 Å². The molecule has 3 aromatic rings. The number of hydrogen-bond acceptors (Lipinski definition) is 2. The molecule has 2 nitrogen and oxygen atoms in total. The zero-order valence-electron chi connectivity index (χ0n) is 13.6. The predicted octanol–water partition coefficient (Wildman–Crippen LogP) is 4.19. The summed E-state index contributed by atoms with van der Waals surface area (Å²) in [6, 6.07) is 26.5. The maximum absolute atomic E-state index is 5.35. The van der Waals surface area contributed by atoms with E-state index in [2.05, 4.69) is 78.1 Å². The van der Waals surface area contributed by atoms with Gasteiger partial charge in [-0.05, 0) is 46.4 Å². The van der Waals surface area contributed by atoms with E-state index in [1.54, 1.807) is 7.11 Å². The van der Waals surface area contributed by atoms with Crippen LogP contribution in [0.25, 0.3) is 0 Å². The van der Waals surface area contributed by atoms with Crippen LogP contribution in [0.2, 0.25) is 0 Å². The lowest BCUT2D eigenvalue weighted by Crippen LogP contribution is -2.44. The van der Waals surface area contributed by atoms with Gasteiger partial charge in [-0.25, -0.2) is 0 Å². The van der Waals surface area contributed by atoms with Gasteiger partial charge in [-0.15, -0.1) is 0 Å². The average Bonchev–Trinajstić information content (AvgIpc) is 2.93. The zero-order valence-corrected chi connectivity index (χ0v) is 13.6. The van der Waals surface area contributed by atoms with Crippen molar-refractivity contribution in [2.45, 2.75) is 18.0 Å². The Balaban J connectivity index is 1.82. The zero-order chi connectivity index (χ0) is 16.1. The Hall–Kier alpha value is -2.58. The highest BCUT2D eigenvalue weighted by molar-refractivity contribution is 5.61. The Morgan fingerprint density at radius 3 is 2.38 bits per heavy atom. The van der Waals surface area contributed by atoms with Crippen molar-refractivity contribution in [3.63, 3.8) is 0 Å². The van der Waals surface area contributed by atoms with Crippen molar-refractivity contribution in [1.29, 1.82) is 0 Å². The number of hydrogen-bond donors (Lipinski definition) is 1. The maximum Gasteiger partial charge on any atom is 0.118 e. The second kappa shape index (κ2) is 4.96. The Morgan fingerprint density at radius 2 is 1.58 bits per heavy atom. The third kappa shape index (κ3) is 1.69. The van der Waals surface area contributed by atoms with Crippen LogP contribution in [0.1, 0.15) is 33.9 Å². The molecule has 2 unspecified atom stereocenters. The minimum absolute atomic E-state index is 0.262. The van der Waals surface area contributed by atoms with Gasteiger partial charge < -0.3 is 4.74 Å². The third-order valence-electron chi connectivity index (χ3n) is 5.50. The van der Waals surface area contributed by atoms with Gasteiger partial charge in [-0.1, -0.05) is 60.7 Å².